The van der Waals surface area contributed by atoms with Crippen LogP contribution in [-0.4, -0.2) is 22.6 Å². The molecule has 3 aromatic carbocycles. The maximum atomic E-state index is 12.3. The van der Waals surface area contributed by atoms with Gasteiger partial charge in [-0.15, -0.1) is 0 Å². The van der Waals surface area contributed by atoms with Crippen LogP contribution in [0.5, 0.6) is 5.75 Å². The minimum atomic E-state index is -0.0456. The highest BCUT2D eigenvalue weighted by Crippen LogP contribution is 2.17. The number of nitrogens with one attached hydrogen (secondary N) is 1. The van der Waals surface area contributed by atoms with Crippen LogP contribution in [0, 0.1) is 0 Å². The van der Waals surface area contributed by atoms with Gasteiger partial charge in [-0.05, 0) is 53.9 Å². The summed E-state index contributed by atoms with van der Waals surface area (Å²) in [6.45, 7) is 0. The van der Waals surface area contributed by atoms with Crippen LogP contribution in [0.15, 0.2) is 72.8 Å². The molecule has 0 saturated heterocycles. The van der Waals surface area contributed by atoms with Crippen molar-refractivity contribution in [2.45, 2.75) is 19.3 Å². The van der Waals surface area contributed by atoms with Crippen molar-refractivity contribution in [3.05, 3.63) is 89.7 Å². The van der Waals surface area contributed by atoms with Gasteiger partial charge < -0.3 is 14.6 Å². The summed E-state index contributed by atoms with van der Waals surface area (Å²) in [5, 5.41) is 2.96. The summed E-state index contributed by atoms with van der Waals surface area (Å²) in [7, 11) is 3.68. The molecule has 0 aliphatic rings. The number of ether oxygens (including phenoxy) is 1. The second-order valence-corrected chi connectivity index (χ2v) is 7.35. The van der Waals surface area contributed by atoms with Crippen LogP contribution in [0.1, 0.15) is 17.0 Å². The third-order valence-electron chi connectivity index (χ3n) is 5.25. The molecular weight excluding hydrogens is 374 g/mol. The number of hydrogen-bond acceptors (Lipinski definition) is 3. The van der Waals surface area contributed by atoms with Gasteiger partial charge in [0.25, 0.3) is 0 Å². The van der Waals surface area contributed by atoms with E-state index in [4.69, 9.17) is 9.72 Å². The van der Waals surface area contributed by atoms with E-state index < -0.39 is 0 Å². The van der Waals surface area contributed by atoms with E-state index in [1.807, 2.05) is 54.6 Å². The minimum absolute atomic E-state index is 0.0456. The predicted molar refractivity (Wildman–Crippen MR) is 120 cm³/mol. The van der Waals surface area contributed by atoms with Crippen LogP contribution in [0.4, 0.5) is 5.69 Å². The van der Waals surface area contributed by atoms with Gasteiger partial charge in [0.2, 0.25) is 5.91 Å². The molecule has 0 unspecified atom stereocenters. The van der Waals surface area contributed by atoms with Gasteiger partial charge >= 0.3 is 0 Å². The van der Waals surface area contributed by atoms with E-state index >= 15 is 0 Å². The highest BCUT2D eigenvalue weighted by atomic mass is 16.5. The number of fused-ring (bicyclic) bond motifs is 1. The molecule has 1 heterocycles. The number of amides is 1. The molecule has 0 bridgehead atoms. The Morgan fingerprint density at radius 2 is 1.77 bits per heavy atom. The first-order valence-corrected chi connectivity index (χ1v) is 10.0. The van der Waals surface area contributed by atoms with E-state index in [0.29, 0.717) is 6.42 Å². The van der Waals surface area contributed by atoms with Crippen LogP contribution < -0.4 is 10.1 Å². The molecule has 0 saturated carbocycles. The Morgan fingerprint density at radius 1 is 0.967 bits per heavy atom. The van der Waals surface area contributed by atoms with Gasteiger partial charge in [0.15, 0.2) is 0 Å². The van der Waals surface area contributed by atoms with E-state index in [1.165, 1.54) is 5.56 Å². The van der Waals surface area contributed by atoms with Crippen LogP contribution in [0.3, 0.4) is 0 Å². The second kappa shape index (κ2) is 8.82. The number of methoxy groups -OCH3 is 1. The van der Waals surface area contributed by atoms with Crippen molar-refractivity contribution < 1.29 is 9.53 Å². The maximum Gasteiger partial charge on any atom is 0.228 e. The monoisotopic (exact) mass is 399 g/mol. The quantitative estimate of drug-likeness (QED) is 0.496. The highest BCUT2D eigenvalue weighted by Gasteiger charge is 2.08. The lowest BCUT2D eigenvalue weighted by atomic mass is 10.1. The topological polar surface area (TPSA) is 56.1 Å². The molecule has 0 aliphatic heterocycles. The summed E-state index contributed by atoms with van der Waals surface area (Å²) in [5.41, 5.74) is 5.12. The lowest BCUT2D eigenvalue weighted by Crippen LogP contribution is -2.14. The number of imidazole rings is 1. The van der Waals surface area contributed by atoms with Gasteiger partial charge in [-0.25, -0.2) is 4.98 Å². The highest BCUT2D eigenvalue weighted by molar-refractivity contribution is 5.92. The first-order chi connectivity index (χ1) is 14.6. The number of rotatable bonds is 7. The van der Waals surface area contributed by atoms with Crippen LogP contribution >= 0.6 is 0 Å². The smallest absolute Gasteiger partial charge is 0.228 e. The molecule has 5 heteroatoms. The van der Waals surface area contributed by atoms with E-state index in [9.17, 15) is 4.79 Å². The van der Waals surface area contributed by atoms with Crippen molar-refractivity contribution in [1.82, 2.24) is 9.55 Å². The molecule has 0 radical (unpaired) electrons. The Balaban J connectivity index is 1.34. The van der Waals surface area contributed by atoms with Crippen molar-refractivity contribution in [2.75, 3.05) is 12.4 Å². The second-order valence-electron chi connectivity index (χ2n) is 7.35. The zero-order valence-electron chi connectivity index (χ0n) is 17.3. The van der Waals surface area contributed by atoms with Gasteiger partial charge in [0.05, 0.1) is 24.6 Å². The summed E-state index contributed by atoms with van der Waals surface area (Å²) < 4.78 is 7.36. The van der Waals surface area contributed by atoms with E-state index in [0.717, 1.165) is 46.7 Å². The molecule has 1 amide bonds. The third-order valence-corrected chi connectivity index (χ3v) is 5.25. The minimum Gasteiger partial charge on any atom is -0.497 e. The molecular formula is C25H25N3O2. The summed E-state index contributed by atoms with van der Waals surface area (Å²) in [4.78, 5) is 17.1. The van der Waals surface area contributed by atoms with Gasteiger partial charge in [-0.2, -0.15) is 0 Å². The normalized spacial score (nSPS) is 10.9. The number of para-hydroxylation sites is 2. The zero-order valence-corrected chi connectivity index (χ0v) is 17.3. The van der Waals surface area contributed by atoms with Crippen molar-refractivity contribution in [3.63, 3.8) is 0 Å². The largest absolute Gasteiger partial charge is 0.497 e. The van der Waals surface area contributed by atoms with Crippen molar-refractivity contribution in [3.8, 4) is 5.75 Å². The van der Waals surface area contributed by atoms with E-state index in [2.05, 4.69) is 35.1 Å². The summed E-state index contributed by atoms with van der Waals surface area (Å²) in [6.07, 6.45) is 2.08. The molecule has 0 spiro atoms. The average molecular weight is 399 g/mol. The van der Waals surface area contributed by atoms with Gasteiger partial charge in [-0.1, -0.05) is 36.4 Å². The van der Waals surface area contributed by atoms with E-state index in [-0.39, 0.29) is 5.91 Å². The van der Waals surface area contributed by atoms with E-state index in [1.54, 1.807) is 7.11 Å². The van der Waals surface area contributed by atoms with Crippen molar-refractivity contribution >= 4 is 22.6 Å². The molecule has 0 aliphatic carbocycles. The average Bonchev–Trinajstić information content (AvgIpc) is 3.09. The fourth-order valence-electron chi connectivity index (χ4n) is 3.60. The molecule has 152 valence electrons. The Labute approximate surface area is 176 Å². The Morgan fingerprint density at radius 3 is 2.53 bits per heavy atom. The van der Waals surface area contributed by atoms with Gasteiger partial charge in [0.1, 0.15) is 11.6 Å². The summed E-state index contributed by atoms with van der Waals surface area (Å²) in [5.74, 6) is 1.79. The standard InChI is InChI=1S/C25H25N3O2/c1-28-23-9-4-3-8-22(23)27-24(28)15-12-18-10-13-20(14-11-18)26-25(29)17-19-6-5-7-21(16-19)30-2/h3-11,13-14,16H,12,15,17H2,1-2H3,(H,26,29). The fourth-order valence-corrected chi connectivity index (χ4v) is 3.60. The predicted octanol–water partition coefficient (Wildman–Crippen LogP) is 4.55. The number of carbonyl (C=O) groups excluding carboxylic acids is 1. The van der Waals surface area contributed by atoms with Crippen molar-refractivity contribution in [1.29, 1.82) is 0 Å². The van der Waals surface area contributed by atoms with Gasteiger partial charge in [0, 0.05) is 19.2 Å². The molecule has 0 fully saturated rings. The van der Waals surface area contributed by atoms with Crippen LogP contribution in [0.2, 0.25) is 0 Å². The number of carbonyl (C=O) groups is 1. The van der Waals surface area contributed by atoms with Gasteiger partial charge in [-0.3, -0.25) is 4.79 Å². The molecule has 30 heavy (non-hydrogen) atoms. The zero-order chi connectivity index (χ0) is 20.9. The summed E-state index contributed by atoms with van der Waals surface area (Å²) in [6, 6.07) is 23.8. The Kier molecular flexibility index (Phi) is 5.80. The maximum absolute atomic E-state index is 12.3. The number of hydrogen-bond donors (Lipinski definition) is 1. The number of nitrogens with zero attached hydrogens (tertiary/aromatic N) is 2. The lowest BCUT2D eigenvalue weighted by Gasteiger charge is -2.08. The Bertz CT molecular complexity index is 1160. The molecule has 4 rings (SSSR count). The van der Waals surface area contributed by atoms with Crippen LogP contribution in [-0.2, 0) is 31.1 Å². The number of aromatic nitrogens is 2. The number of aryl methyl sites for hydroxylation is 3. The van der Waals surface area contributed by atoms with Crippen molar-refractivity contribution in [2.24, 2.45) is 7.05 Å². The molecule has 1 aromatic heterocycles. The molecule has 5 nitrogen and oxygen atoms in total. The summed E-state index contributed by atoms with van der Waals surface area (Å²) >= 11 is 0. The van der Waals surface area contributed by atoms with Crippen LogP contribution in [0.25, 0.3) is 11.0 Å². The fraction of sp³-hybridized carbons (Fsp3) is 0.200. The number of anilines is 1. The third kappa shape index (κ3) is 4.51. The first kappa shape index (κ1) is 19.7. The number of benzene rings is 3. The Hall–Kier alpha value is -3.60. The molecule has 4 aromatic rings. The molecule has 1 N–H and O–H groups in total. The lowest BCUT2D eigenvalue weighted by molar-refractivity contribution is -0.115. The molecule has 0 atom stereocenters. The SMILES string of the molecule is COc1cccc(CC(=O)Nc2ccc(CCc3nc4ccccc4n3C)cc2)c1. The first-order valence-electron chi connectivity index (χ1n) is 10.0.